The lowest BCUT2D eigenvalue weighted by Crippen LogP contribution is -2.48. The first-order chi connectivity index (χ1) is 9.97. The van der Waals surface area contributed by atoms with Crippen molar-refractivity contribution in [2.24, 2.45) is 5.73 Å². The zero-order valence-electron chi connectivity index (χ0n) is 12.6. The van der Waals surface area contributed by atoms with Crippen LogP contribution >= 0.6 is 15.9 Å². The predicted octanol–water partition coefficient (Wildman–Crippen LogP) is 2.42. The molecule has 5 nitrogen and oxygen atoms in total. The van der Waals surface area contributed by atoms with E-state index in [1.165, 1.54) is 0 Å². The maximum Gasteiger partial charge on any atom is 0.254 e. The van der Waals surface area contributed by atoms with Gasteiger partial charge < -0.3 is 20.1 Å². The average Bonchev–Trinajstić information content (AvgIpc) is 2.47. The molecule has 0 aromatic heterocycles. The first kappa shape index (κ1) is 16.1. The van der Waals surface area contributed by atoms with E-state index in [0.717, 1.165) is 12.8 Å². The number of carbonyl (C=O) groups is 1. The number of hydrogen-bond donors (Lipinski definition) is 1. The highest BCUT2D eigenvalue weighted by atomic mass is 79.9. The second-order valence-electron chi connectivity index (χ2n) is 5.33. The topological polar surface area (TPSA) is 64.8 Å². The monoisotopic (exact) mass is 356 g/mol. The normalized spacial score (nSPS) is 22.0. The number of methoxy groups -OCH3 is 2. The molecule has 6 heteroatoms. The van der Waals surface area contributed by atoms with Crippen LogP contribution in [-0.4, -0.2) is 43.7 Å². The van der Waals surface area contributed by atoms with Crippen LogP contribution < -0.4 is 15.2 Å². The number of likely N-dealkylation sites (tertiary alicyclic amines) is 1. The summed E-state index contributed by atoms with van der Waals surface area (Å²) in [5, 5.41) is 0. The molecule has 2 N–H and O–H groups in total. The molecular formula is C15H21BrN2O3. The highest BCUT2D eigenvalue weighted by Crippen LogP contribution is 2.36. The molecule has 21 heavy (non-hydrogen) atoms. The Morgan fingerprint density at radius 1 is 1.33 bits per heavy atom. The molecule has 1 amide bonds. The fourth-order valence-corrected chi connectivity index (χ4v) is 3.22. The minimum Gasteiger partial charge on any atom is -0.495 e. The van der Waals surface area contributed by atoms with Crippen LogP contribution in [0.2, 0.25) is 0 Å². The van der Waals surface area contributed by atoms with Crippen molar-refractivity contribution in [1.82, 2.24) is 4.90 Å². The van der Waals surface area contributed by atoms with Gasteiger partial charge in [-0.15, -0.1) is 0 Å². The number of rotatable bonds is 3. The largest absolute Gasteiger partial charge is 0.495 e. The first-order valence-corrected chi connectivity index (χ1v) is 7.75. The molecule has 1 heterocycles. The summed E-state index contributed by atoms with van der Waals surface area (Å²) in [5.41, 5.74) is 6.52. The molecule has 0 unspecified atom stereocenters. The number of hydrogen-bond acceptors (Lipinski definition) is 4. The fourth-order valence-electron chi connectivity index (χ4n) is 2.67. The van der Waals surface area contributed by atoms with Gasteiger partial charge in [0.1, 0.15) is 16.0 Å². The summed E-state index contributed by atoms with van der Waals surface area (Å²) in [7, 11) is 3.13. The van der Waals surface area contributed by atoms with Gasteiger partial charge in [0.05, 0.1) is 14.2 Å². The zero-order chi connectivity index (χ0) is 15.6. The summed E-state index contributed by atoms with van der Waals surface area (Å²) in [5.74, 6) is 1.15. The van der Waals surface area contributed by atoms with Gasteiger partial charge in [-0.1, -0.05) is 0 Å². The third-order valence-electron chi connectivity index (χ3n) is 3.87. The minimum atomic E-state index is -0.0153. The van der Waals surface area contributed by atoms with Crippen molar-refractivity contribution in [2.45, 2.75) is 31.8 Å². The number of nitrogens with two attached hydrogens (primary N) is 1. The molecule has 0 bridgehead atoms. The van der Waals surface area contributed by atoms with Gasteiger partial charge in [-0.05, 0) is 47.8 Å². The Balaban J connectivity index is 2.30. The van der Waals surface area contributed by atoms with Crippen molar-refractivity contribution in [3.8, 4) is 11.5 Å². The van der Waals surface area contributed by atoms with Crippen molar-refractivity contribution in [1.29, 1.82) is 0 Å². The van der Waals surface area contributed by atoms with E-state index in [9.17, 15) is 4.79 Å². The van der Waals surface area contributed by atoms with Gasteiger partial charge >= 0.3 is 0 Å². The van der Waals surface area contributed by atoms with Crippen LogP contribution in [0.3, 0.4) is 0 Å². The number of carbonyl (C=O) groups excluding carboxylic acids is 1. The summed E-state index contributed by atoms with van der Waals surface area (Å²) < 4.78 is 11.3. The molecule has 0 saturated carbocycles. The van der Waals surface area contributed by atoms with E-state index >= 15 is 0 Å². The molecule has 0 spiro atoms. The predicted molar refractivity (Wildman–Crippen MR) is 85.0 cm³/mol. The molecule has 1 aliphatic rings. The van der Waals surface area contributed by atoms with E-state index in [4.69, 9.17) is 15.2 Å². The molecule has 116 valence electrons. The minimum absolute atomic E-state index is 0.0153. The molecule has 1 aromatic carbocycles. The Morgan fingerprint density at radius 2 is 1.90 bits per heavy atom. The van der Waals surface area contributed by atoms with Gasteiger partial charge in [0, 0.05) is 24.2 Å². The standard InChI is InChI=1S/C15H21BrN2O3/c1-9-6-11(17)4-5-18(9)15(19)10-7-12(20-2)14(16)13(8-10)21-3/h7-9,11H,4-6,17H2,1-3H3/t9-,11+/m0/s1. The highest BCUT2D eigenvalue weighted by molar-refractivity contribution is 9.10. The fraction of sp³-hybridized carbons (Fsp3) is 0.533. The Kier molecular flexibility index (Phi) is 5.11. The maximum atomic E-state index is 12.7. The number of nitrogens with zero attached hydrogens (tertiary/aromatic N) is 1. The molecular weight excluding hydrogens is 336 g/mol. The Hall–Kier alpha value is -1.27. The second-order valence-corrected chi connectivity index (χ2v) is 6.12. The SMILES string of the molecule is COc1cc(C(=O)N2CC[C@@H](N)C[C@@H]2C)cc(OC)c1Br. The van der Waals surface area contributed by atoms with Gasteiger partial charge in [0.25, 0.3) is 5.91 Å². The summed E-state index contributed by atoms with van der Waals surface area (Å²) in [6.07, 6.45) is 1.66. The van der Waals surface area contributed by atoms with Crippen molar-refractivity contribution in [3.05, 3.63) is 22.2 Å². The molecule has 1 aromatic rings. The molecule has 1 aliphatic heterocycles. The average molecular weight is 357 g/mol. The summed E-state index contributed by atoms with van der Waals surface area (Å²) in [6.45, 7) is 2.71. The van der Waals surface area contributed by atoms with Crippen LogP contribution in [0.15, 0.2) is 16.6 Å². The van der Waals surface area contributed by atoms with Crippen LogP contribution in [0, 0.1) is 0 Å². The third-order valence-corrected chi connectivity index (χ3v) is 4.65. The summed E-state index contributed by atoms with van der Waals surface area (Å²) >= 11 is 3.41. The van der Waals surface area contributed by atoms with Gasteiger partial charge in [-0.2, -0.15) is 0 Å². The Labute approximate surface area is 133 Å². The zero-order valence-corrected chi connectivity index (χ0v) is 14.1. The van der Waals surface area contributed by atoms with E-state index in [2.05, 4.69) is 15.9 Å². The van der Waals surface area contributed by atoms with Gasteiger partial charge in [0.2, 0.25) is 0 Å². The molecule has 1 saturated heterocycles. The van der Waals surface area contributed by atoms with Crippen molar-refractivity contribution in [3.63, 3.8) is 0 Å². The van der Waals surface area contributed by atoms with Crippen molar-refractivity contribution in [2.75, 3.05) is 20.8 Å². The smallest absolute Gasteiger partial charge is 0.254 e. The van der Waals surface area contributed by atoms with Gasteiger partial charge in [-0.3, -0.25) is 4.79 Å². The number of halogens is 1. The van der Waals surface area contributed by atoms with E-state index in [1.54, 1.807) is 26.4 Å². The van der Waals surface area contributed by atoms with Crippen LogP contribution in [0.25, 0.3) is 0 Å². The lowest BCUT2D eigenvalue weighted by Gasteiger charge is -2.36. The molecule has 0 radical (unpaired) electrons. The van der Waals surface area contributed by atoms with Crippen LogP contribution in [0.1, 0.15) is 30.1 Å². The summed E-state index contributed by atoms with van der Waals surface area (Å²) in [6, 6.07) is 3.78. The lowest BCUT2D eigenvalue weighted by atomic mass is 9.98. The van der Waals surface area contributed by atoms with Crippen molar-refractivity contribution >= 4 is 21.8 Å². The van der Waals surface area contributed by atoms with E-state index in [1.807, 2.05) is 11.8 Å². The molecule has 0 aliphatic carbocycles. The van der Waals surface area contributed by atoms with E-state index in [0.29, 0.717) is 28.1 Å². The Morgan fingerprint density at radius 3 is 2.38 bits per heavy atom. The van der Waals surface area contributed by atoms with Crippen LogP contribution in [0.4, 0.5) is 0 Å². The number of piperidine rings is 1. The second kappa shape index (κ2) is 6.66. The highest BCUT2D eigenvalue weighted by Gasteiger charge is 2.28. The van der Waals surface area contributed by atoms with Crippen LogP contribution in [0.5, 0.6) is 11.5 Å². The Bertz CT molecular complexity index is 511. The van der Waals surface area contributed by atoms with Crippen molar-refractivity contribution < 1.29 is 14.3 Å². The van der Waals surface area contributed by atoms with Crippen LogP contribution in [-0.2, 0) is 0 Å². The molecule has 2 atom stereocenters. The third kappa shape index (κ3) is 3.32. The van der Waals surface area contributed by atoms with E-state index in [-0.39, 0.29) is 18.0 Å². The van der Waals surface area contributed by atoms with Gasteiger partial charge in [0.15, 0.2) is 0 Å². The lowest BCUT2D eigenvalue weighted by molar-refractivity contribution is 0.0618. The van der Waals surface area contributed by atoms with E-state index < -0.39 is 0 Å². The molecule has 1 fully saturated rings. The number of benzene rings is 1. The maximum absolute atomic E-state index is 12.7. The summed E-state index contributed by atoms with van der Waals surface area (Å²) in [4.78, 5) is 14.6. The molecule has 2 rings (SSSR count). The van der Waals surface area contributed by atoms with Gasteiger partial charge in [-0.25, -0.2) is 0 Å². The number of amides is 1. The quantitative estimate of drug-likeness (QED) is 0.902. The number of ether oxygens (including phenoxy) is 2. The first-order valence-electron chi connectivity index (χ1n) is 6.96.